The highest BCUT2D eigenvalue weighted by Gasteiger charge is 2.05. The molecule has 1 aromatic heterocycles. The Labute approximate surface area is 124 Å². The Morgan fingerprint density at radius 3 is 2.90 bits per heavy atom. The molecule has 108 valence electrons. The molecule has 20 heavy (non-hydrogen) atoms. The van der Waals surface area contributed by atoms with E-state index >= 15 is 0 Å². The normalized spacial score (nSPS) is 11.2. The largest absolute Gasteiger partial charge is 0.356 e. The molecule has 1 aromatic carbocycles. The Bertz CT molecular complexity index is 529. The maximum absolute atomic E-state index is 11.7. The van der Waals surface area contributed by atoms with Gasteiger partial charge < -0.3 is 5.32 Å². The lowest BCUT2D eigenvalue weighted by atomic mass is 10.1. The minimum atomic E-state index is 0.159. The number of benzene rings is 1. The lowest BCUT2D eigenvalue weighted by Crippen LogP contribution is -2.25. The Morgan fingerprint density at radius 1 is 1.35 bits per heavy atom. The number of aromatic nitrogens is 1. The monoisotopic (exact) mass is 290 g/mol. The van der Waals surface area contributed by atoms with Crippen LogP contribution < -0.4 is 5.32 Å². The van der Waals surface area contributed by atoms with Crippen LogP contribution in [0.25, 0.3) is 10.2 Å². The van der Waals surface area contributed by atoms with Crippen molar-refractivity contribution in [3.05, 3.63) is 29.3 Å². The molecule has 0 aliphatic rings. The van der Waals surface area contributed by atoms with Crippen LogP contribution in [-0.2, 0) is 11.2 Å². The fourth-order valence-electron chi connectivity index (χ4n) is 2.02. The van der Waals surface area contributed by atoms with Gasteiger partial charge in [-0.25, -0.2) is 4.98 Å². The molecule has 0 radical (unpaired) electrons. The molecule has 0 saturated carbocycles. The maximum Gasteiger partial charge on any atom is 0.220 e. The Balaban J connectivity index is 1.71. The van der Waals surface area contributed by atoms with E-state index in [9.17, 15) is 4.79 Å². The number of carbonyl (C=O) groups excluding carboxylic acids is 1. The lowest BCUT2D eigenvalue weighted by molar-refractivity contribution is -0.121. The van der Waals surface area contributed by atoms with Crippen molar-refractivity contribution in [1.29, 1.82) is 0 Å². The fraction of sp³-hybridized carbons (Fsp3) is 0.500. The first kappa shape index (κ1) is 15.0. The number of carbonyl (C=O) groups is 1. The second kappa shape index (κ2) is 7.39. The number of hydrogen-bond donors (Lipinski definition) is 1. The quantitative estimate of drug-likeness (QED) is 0.843. The number of nitrogens with zero attached hydrogens (tertiary/aromatic N) is 1. The topological polar surface area (TPSA) is 42.0 Å². The van der Waals surface area contributed by atoms with Crippen molar-refractivity contribution >= 4 is 27.5 Å². The lowest BCUT2D eigenvalue weighted by Gasteiger charge is -2.06. The summed E-state index contributed by atoms with van der Waals surface area (Å²) in [6.45, 7) is 5.12. The molecule has 4 heteroatoms. The van der Waals surface area contributed by atoms with Crippen LogP contribution in [0.5, 0.6) is 0 Å². The van der Waals surface area contributed by atoms with E-state index in [1.807, 2.05) is 18.2 Å². The number of nitrogens with one attached hydrogen (secondary N) is 1. The van der Waals surface area contributed by atoms with E-state index in [0.717, 1.165) is 36.3 Å². The van der Waals surface area contributed by atoms with Crippen LogP contribution in [0.2, 0.25) is 0 Å². The van der Waals surface area contributed by atoms with Crippen molar-refractivity contribution in [2.45, 2.75) is 39.5 Å². The molecule has 0 bridgehead atoms. The van der Waals surface area contributed by atoms with Crippen molar-refractivity contribution in [2.75, 3.05) is 6.54 Å². The van der Waals surface area contributed by atoms with Crippen LogP contribution >= 0.6 is 11.3 Å². The molecule has 0 unspecified atom stereocenters. The number of para-hydroxylation sites is 1. The first-order valence-corrected chi connectivity index (χ1v) is 8.08. The summed E-state index contributed by atoms with van der Waals surface area (Å²) in [5, 5.41) is 4.10. The van der Waals surface area contributed by atoms with E-state index in [4.69, 9.17) is 0 Å². The van der Waals surface area contributed by atoms with Gasteiger partial charge in [-0.15, -0.1) is 11.3 Å². The molecule has 0 spiro atoms. The summed E-state index contributed by atoms with van der Waals surface area (Å²) in [4.78, 5) is 16.2. The molecule has 3 nitrogen and oxygen atoms in total. The summed E-state index contributed by atoms with van der Waals surface area (Å²) in [5.74, 6) is 0.796. The van der Waals surface area contributed by atoms with E-state index in [2.05, 4.69) is 30.2 Å². The third-order valence-corrected chi connectivity index (χ3v) is 4.27. The van der Waals surface area contributed by atoms with Gasteiger partial charge in [0.25, 0.3) is 0 Å². The minimum absolute atomic E-state index is 0.159. The third kappa shape index (κ3) is 4.60. The molecular formula is C16H22N2OS. The van der Waals surface area contributed by atoms with E-state index < -0.39 is 0 Å². The molecule has 2 aromatic rings. The van der Waals surface area contributed by atoms with Gasteiger partial charge in [0.1, 0.15) is 0 Å². The van der Waals surface area contributed by atoms with Gasteiger partial charge in [0, 0.05) is 13.0 Å². The van der Waals surface area contributed by atoms with Crippen molar-refractivity contribution in [3.8, 4) is 0 Å². The van der Waals surface area contributed by atoms with Crippen LogP contribution in [0.15, 0.2) is 24.3 Å². The van der Waals surface area contributed by atoms with Crippen molar-refractivity contribution in [1.82, 2.24) is 10.3 Å². The van der Waals surface area contributed by atoms with E-state index in [0.29, 0.717) is 12.3 Å². The van der Waals surface area contributed by atoms with Gasteiger partial charge in [-0.1, -0.05) is 26.0 Å². The Hall–Kier alpha value is -1.42. The average molecular weight is 290 g/mol. The first-order valence-electron chi connectivity index (χ1n) is 7.26. The predicted molar refractivity (Wildman–Crippen MR) is 85.0 cm³/mol. The van der Waals surface area contributed by atoms with Crippen molar-refractivity contribution in [2.24, 2.45) is 5.92 Å². The summed E-state index contributed by atoms with van der Waals surface area (Å²) in [6, 6.07) is 8.17. The number of amides is 1. The van der Waals surface area contributed by atoms with Crippen molar-refractivity contribution in [3.63, 3.8) is 0 Å². The first-order chi connectivity index (χ1) is 9.65. The molecule has 0 fully saturated rings. The molecule has 1 N–H and O–H groups in total. The van der Waals surface area contributed by atoms with Gasteiger partial charge in [-0.05, 0) is 37.3 Å². The predicted octanol–water partition coefficient (Wildman–Crippen LogP) is 3.78. The number of fused-ring (bicyclic) bond motifs is 1. The van der Waals surface area contributed by atoms with Gasteiger partial charge in [0.05, 0.1) is 15.2 Å². The molecular weight excluding hydrogens is 268 g/mol. The molecule has 2 rings (SSSR count). The highest BCUT2D eigenvalue weighted by Crippen LogP contribution is 2.22. The zero-order valence-corrected chi connectivity index (χ0v) is 13.0. The van der Waals surface area contributed by atoms with Gasteiger partial charge in [-0.3, -0.25) is 4.79 Å². The molecule has 0 aliphatic carbocycles. The van der Waals surface area contributed by atoms with Gasteiger partial charge in [0.15, 0.2) is 0 Å². The standard InChI is InChI=1S/C16H22N2OS/c1-12(2)10-11-17-15(19)8-5-9-16-18-13-6-3-4-7-14(13)20-16/h3-4,6-7,12H,5,8-11H2,1-2H3,(H,17,19). The van der Waals surface area contributed by atoms with Crippen LogP contribution in [0.1, 0.15) is 38.1 Å². The van der Waals surface area contributed by atoms with Crippen molar-refractivity contribution < 1.29 is 4.79 Å². The molecule has 0 aliphatic heterocycles. The zero-order valence-electron chi connectivity index (χ0n) is 12.2. The van der Waals surface area contributed by atoms with Gasteiger partial charge in [0.2, 0.25) is 5.91 Å². The summed E-state index contributed by atoms with van der Waals surface area (Å²) < 4.78 is 1.23. The molecule has 1 heterocycles. The van der Waals surface area contributed by atoms with Crippen LogP contribution in [0.4, 0.5) is 0 Å². The maximum atomic E-state index is 11.7. The van der Waals surface area contributed by atoms with Crippen LogP contribution in [0.3, 0.4) is 0 Å². The van der Waals surface area contributed by atoms with E-state index in [-0.39, 0.29) is 5.91 Å². The summed E-state index contributed by atoms with van der Waals surface area (Å²) >= 11 is 1.73. The fourth-order valence-corrected chi connectivity index (χ4v) is 3.02. The molecule has 0 atom stereocenters. The van der Waals surface area contributed by atoms with Crippen LogP contribution in [0, 0.1) is 5.92 Å². The number of hydrogen-bond acceptors (Lipinski definition) is 3. The van der Waals surface area contributed by atoms with Gasteiger partial charge in [-0.2, -0.15) is 0 Å². The summed E-state index contributed by atoms with van der Waals surface area (Å²) in [5.41, 5.74) is 1.06. The van der Waals surface area contributed by atoms with E-state index in [1.165, 1.54) is 4.70 Å². The summed E-state index contributed by atoms with van der Waals surface area (Å²) in [7, 11) is 0. The molecule has 1 amide bonds. The second-order valence-electron chi connectivity index (χ2n) is 5.46. The zero-order chi connectivity index (χ0) is 14.4. The smallest absolute Gasteiger partial charge is 0.220 e. The number of rotatable bonds is 7. The van der Waals surface area contributed by atoms with Crippen LogP contribution in [-0.4, -0.2) is 17.4 Å². The highest BCUT2D eigenvalue weighted by atomic mass is 32.1. The molecule has 0 saturated heterocycles. The Morgan fingerprint density at radius 2 is 2.15 bits per heavy atom. The van der Waals surface area contributed by atoms with Gasteiger partial charge >= 0.3 is 0 Å². The second-order valence-corrected chi connectivity index (χ2v) is 6.58. The van der Waals surface area contributed by atoms with E-state index in [1.54, 1.807) is 11.3 Å². The SMILES string of the molecule is CC(C)CCNC(=O)CCCc1nc2ccccc2s1. The number of aryl methyl sites for hydroxylation is 1. The highest BCUT2D eigenvalue weighted by molar-refractivity contribution is 7.18. The third-order valence-electron chi connectivity index (χ3n) is 3.18. The Kier molecular flexibility index (Phi) is 5.53. The summed E-state index contributed by atoms with van der Waals surface area (Å²) in [6.07, 6.45) is 3.39. The minimum Gasteiger partial charge on any atom is -0.356 e. The average Bonchev–Trinajstić information content (AvgIpc) is 2.80. The number of thiazole rings is 1.